The third-order valence-electron chi connectivity index (χ3n) is 2.70. The van der Waals surface area contributed by atoms with Gasteiger partial charge in [-0.05, 0) is 37.0 Å². The van der Waals surface area contributed by atoms with Gasteiger partial charge in [0.2, 0.25) is 10.0 Å². The van der Waals surface area contributed by atoms with Gasteiger partial charge in [0.25, 0.3) is 0 Å². The second-order valence-corrected chi connectivity index (χ2v) is 5.97. The summed E-state index contributed by atoms with van der Waals surface area (Å²) in [5.41, 5.74) is 3.43. The van der Waals surface area contributed by atoms with Crippen molar-refractivity contribution in [3.05, 3.63) is 34.9 Å². The fourth-order valence-corrected chi connectivity index (χ4v) is 2.45. The highest BCUT2D eigenvalue weighted by Gasteiger charge is 2.14. The molecule has 1 rings (SSSR count). The summed E-state index contributed by atoms with van der Waals surface area (Å²) in [5, 5.41) is 0. The fraction of sp³-hybridized carbons (Fsp3) is 0.500. The summed E-state index contributed by atoms with van der Waals surface area (Å²) in [4.78, 5) is 0. The Labute approximate surface area is 97.9 Å². The Bertz CT molecular complexity index is 466. The Kier molecular flexibility index (Phi) is 4.10. The topological polar surface area (TPSA) is 46.2 Å². The van der Waals surface area contributed by atoms with Gasteiger partial charge in [0.1, 0.15) is 0 Å². The molecule has 1 atom stereocenters. The van der Waals surface area contributed by atoms with Crippen LogP contribution in [-0.2, 0) is 10.0 Å². The van der Waals surface area contributed by atoms with Gasteiger partial charge in [0, 0.05) is 6.04 Å². The van der Waals surface area contributed by atoms with E-state index < -0.39 is 10.0 Å². The van der Waals surface area contributed by atoms with E-state index in [1.807, 2.05) is 39.0 Å². The van der Waals surface area contributed by atoms with Crippen molar-refractivity contribution in [1.29, 1.82) is 0 Å². The van der Waals surface area contributed by atoms with E-state index in [1.54, 1.807) is 0 Å². The molecule has 0 fully saturated rings. The molecule has 0 aliphatic carbocycles. The predicted octanol–water partition coefficient (Wildman–Crippen LogP) is 2.30. The zero-order valence-corrected chi connectivity index (χ0v) is 11.1. The highest BCUT2D eigenvalue weighted by Crippen LogP contribution is 2.20. The number of rotatable bonds is 4. The lowest BCUT2D eigenvalue weighted by atomic mass is 10.0. The summed E-state index contributed by atoms with van der Waals surface area (Å²) in [6.07, 6.45) is 1.94. The summed E-state index contributed by atoms with van der Waals surface area (Å²) in [6.45, 7) is 6.05. The average Bonchev–Trinajstić information content (AvgIpc) is 2.17. The van der Waals surface area contributed by atoms with Gasteiger partial charge in [-0.25, -0.2) is 13.1 Å². The predicted molar refractivity (Wildman–Crippen MR) is 66.9 cm³/mol. The van der Waals surface area contributed by atoms with Crippen LogP contribution in [0.4, 0.5) is 0 Å². The third kappa shape index (κ3) is 3.61. The van der Waals surface area contributed by atoms with Crippen LogP contribution in [0.15, 0.2) is 18.2 Å². The van der Waals surface area contributed by atoms with Crippen LogP contribution in [0, 0.1) is 13.8 Å². The summed E-state index contributed by atoms with van der Waals surface area (Å²) in [5.74, 6) is 0. The van der Waals surface area contributed by atoms with Gasteiger partial charge in [0.05, 0.1) is 6.26 Å². The Morgan fingerprint density at radius 2 is 1.88 bits per heavy atom. The molecule has 1 aromatic rings. The van der Waals surface area contributed by atoms with Gasteiger partial charge in [-0.15, -0.1) is 0 Å². The summed E-state index contributed by atoms with van der Waals surface area (Å²) in [7, 11) is -3.16. The Hall–Kier alpha value is -0.870. The van der Waals surface area contributed by atoms with Crippen LogP contribution in [0.25, 0.3) is 0 Å². The Balaban J connectivity index is 3.00. The fourth-order valence-electron chi connectivity index (χ4n) is 1.63. The Morgan fingerprint density at radius 1 is 1.25 bits per heavy atom. The number of hydrogen-bond acceptors (Lipinski definition) is 2. The summed E-state index contributed by atoms with van der Waals surface area (Å²) in [6, 6.07) is 5.92. The molecule has 0 saturated carbocycles. The number of hydrogen-bond donors (Lipinski definition) is 1. The molecule has 3 nitrogen and oxygen atoms in total. The maximum absolute atomic E-state index is 11.2. The van der Waals surface area contributed by atoms with Gasteiger partial charge in [-0.1, -0.05) is 25.1 Å². The number of nitrogens with one attached hydrogen (secondary N) is 1. The van der Waals surface area contributed by atoms with E-state index in [1.165, 1.54) is 17.4 Å². The van der Waals surface area contributed by atoms with Crippen molar-refractivity contribution in [3.63, 3.8) is 0 Å². The minimum Gasteiger partial charge on any atom is -0.213 e. The molecule has 0 spiro atoms. The zero-order valence-electron chi connectivity index (χ0n) is 10.2. The van der Waals surface area contributed by atoms with Crippen LogP contribution in [0.2, 0.25) is 0 Å². The van der Waals surface area contributed by atoms with E-state index in [2.05, 4.69) is 4.72 Å². The van der Waals surface area contributed by atoms with Gasteiger partial charge in [-0.2, -0.15) is 0 Å². The van der Waals surface area contributed by atoms with E-state index in [0.717, 1.165) is 12.0 Å². The zero-order chi connectivity index (χ0) is 12.3. The van der Waals surface area contributed by atoms with Crippen LogP contribution in [0.5, 0.6) is 0 Å². The second-order valence-electron chi connectivity index (χ2n) is 4.19. The van der Waals surface area contributed by atoms with E-state index in [9.17, 15) is 8.42 Å². The molecule has 0 aliphatic rings. The molecule has 16 heavy (non-hydrogen) atoms. The van der Waals surface area contributed by atoms with Crippen molar-refractivity contribution in [2.45, 2.75) is 33.2 Å². The van der Waals surface area contributed by atoms with Crippen molar-refractivity contribution in [3.8, 4) is 0 Å². The van der Waals surface area contributed by atoms with Crippen molar-refractivity contribution < 1.29 is 8.42 Å². The van der Waals surface area contributed by atoms with Crippen molar-refractivity contribution >= 4 is 10.0 Å². The van der Waals surface area contributed by atoms with E-state index >= 15 is 0 Å². The second kappa shape index (κ2) is 4.97. The SMILES string of the molecule is CC[C@@H](NS(C)(=O)=O)c1ccc(C)c(C)c1. The van der Waals surface area contributed by atoms with E-state index in [4.69, 9.17) is 0 Å². The van der Waals surface area contributed by atoms with Gasteiger partial charge >= 0.3 is 0 Å². The average molecular weight is 241 g/mol. The van der Waals surface area contributed by atoms with Crippen molar-refractivity contribution in [1.82, 2.24) is 4.72 Å². The lowest BCUT2D eigenvalue weighted by Crippen LogP contribution is -2.27. The molecule has 4 heteroatoms. The first-order chi connectivity index (χ1) is 7.33. The molecule has 1 N–H and O–H groups in total. The van der Waals surface area contributed by atoms with E-state index in [0.29, 0.717) is 0 Å². The molecule has 0 unspecified atom stereocenters. The molecule has 0 radical (unpaired) electrons. The summed E-state index contributed by atoms with van der Waals surface area (Å²) >= 11 is 0. The minimum atomic E-state index is -3.16. The highest BCUT2D eigenvalue weighted by atomic mass is 32.2. The molecule has 90 valence electrons. The summed E-state index contributed by atoms with van der Waals surface area (Å²) < 4.78 is 25.1. The van der Waals surface area contributed by atoms with Crippen molar-refractivity contribution in [2.24, 2.45) is 0 Å². The lowest BCUT2D eigenvalue weighted by molar-refractivity contribution is 0.555. The van der Waals surface area contributed by atoms with Gasteiger partial charge in [0.15, 0.2) is 0 Å². The van der Waals surface area contributed by atoms with E-state index in [-0.39, 0.29) is 6.04 Å². The molecule has 0 bridgehead atoms. The third-order valence-corrected chi connectivity index (χ3v) is 3.41. The number of benzene rings is 1. The molecule has 1 aromatic carbocycles. The van der Waals surface area contributed by atoms with Crippen LogP contribution < -0.4 is 4.72 Å². The normalized spacial score (nSPS) is 13.8. The molecule has 0 saturated heterocycles. The standard InChI is InChI=1S/C12H19NO2S/c1-5-12(13-16(4,14)15)11-7-6-9(2)10(3)8-11/h6-8,12-13H,5H2,1-4H3/t12-/m1/s1. The molecule has 0 amide bonds. The smallest absolute Gasteiger partial charge is 0.209 e. The maximum Gasteiger partial charge on any atom is 0.209 e. The molecule has 0 heterocycles. The van der Waals surface area contributed by atoms with Crippen molar-refractivity contribution in [2.75, 3.05) is 6.26 Å². The molecule has 0 aromatic heterocycles. The van der Waals surface area contributed by atoms with Crippen LogP contribution >= 0.6 is 0 Å². The first-order valence-electron chi connectivity index (χ1n) is 5.38. The number of aryl methyl sites for hydroxylation is 2. The first kappa shape index (κ1) is 13.2. The highest BCUT2D eigenvalue weighted by molar-refractivity contribution is 7.88. The molecule has 0 aliphatic heterocycles. The van der Waals surface area contributed by atoms with Crippen LogP contribution in [0.1, 0.15) is 36.1 Å². The molecular weight excluding hydrogens is 222 g/mol. The first-order valence-corrected chi connectivity index (χ1v) is 7.27. The largest absolute Gasteiger partial charge is 0.213 e. The van der Waals surface area contributed by atoms with Crippen LogP contribution in [0.3, 0.4) is 0 Å². The van der Waals surface area contributed by atoms with Gasteiger partial charge < -0.3 is 0 Å². The number of sulfonamides is 1. The Morgan fingerprint density at radius 3 is 2.31 bits per heavy atom. The quantitative estimate of drug-likeness (QED) is 0.879. The van der Waals surface area contributed by atoms with Crippen LogP contribution in [-0.4, -0.2) is 14.7 Å². The monoisotopic (exact) mass is 241 g/mol. The van der Waals surface area contributed by atoms with Gasteiger partial charge in [-0.3, -0.25) is 0 Å². The molecular formula is C12H19NO2S. The minimum absolute atomic E-state index is 0.130. The maximum atomic E-state index is 11.2. The lowest BCUT2D eigenvalue weighted by Gasteiger charge is -2.17.